The van der Waals surface area contributed by atoms with Crippen molar-refractivity contribution in [2.24, 2.45) is 10.9 Å². The molecule has 1 heterocycles. The predicted octanol–water partition coefficient (Wildman–Crippen LogP) is 3.68. The lowest BCUT2D eigenvalue weighted by atomic mass is 9.85. The first-order valence-corrected chi connectivity index (χ1v) is 11.2. The molecule has 1 saturated heterocycles. The molecule has 0 spiro atoms. The molecule has 1 saturated carbocycles. The lowest BCUT2D eigenvalue weighted by Gasteiger charge is -2.28. The van der Waals surface area contributed by atoms with Gasteiger partial charge in [0.05, 0.1) is 0 Å². The van der Waals surface area contributed by atoms with Gasteiger partial charge in [-0.15, -0.1) is 0 Å². The summed E-state index contributed by atoms with van der Waals surface area (Å²) in [6, 6.07) is 8.75. The van der Waals surface area contributed by atoms with Crippen molar-refractivity contribution in [2.45, 2.75) is 57.4 Å². The van der Waals surface area contributed by atoms with E-state index >= 15 is 0 Å². The van der Waals surface area contributed by atoms with E-state index in [-0.39, 0.29) is 17.4 Å². The summed E-state index contributed by atoms with van der Waals surface area (Å²) >= 11 is 3.50. The summed E-state index contributed by atoms with van der Waals surface area (Å²) in [5.41, 5.74) is 1.27. The first kappa shape index (κ1) is 21.2. The second-order valence-electron chi connectivity index (χ2n) is 8.71. The molecular weight excluding hydrogens is 416 g/mol. The highest BCUT2D eigenvalue weighted by atomic mass is 79.9. The molecule has 28 heavy (non-hydrogen) atoms. The lowest BCUT2D eigenvalue weighted by Crippen LogP contribution is -2.48. The number of nitrogens with one attached hydrogen (secondary N) is 2. The zero-order valence-corrected chi connectivity index (χ0v) is 18.9. The van der Waals surface area contributed by atoms with Crippen molar-refractivity contribution in [3.05, 3.63) is 34.3 Å². The molecule has 1 aromatic rings. The fourth-order valence-electron chi connectivity index (χ4n) is 4.21. The fourth-order valence-corrected chi connectivity index (χ4v) is 4.47. The van der Waals surface area contributed by atoms with Crippen LogP contribution in [0.2, 0.25) is 0 Å². The molecule has 2 N–H and O–H groups in total. The summed E-state index contributed by atoms with van der Waals surface area (Å²) in [7, 11) is 1.80. The molecule has 1 aliphatic carbocycles. The van der Waals surface area contributed by atoms with E-state index in [4.69, 9.17) is 0 Å². The molecule has 154 valence electrons. The SMILES string of the molecule is CN=C(NCC(C)(C)c1ccc(Br)cc1)NC1CCN(C(=O)C2CCCC2)C1. The van der Waals surface area contributed by atoms with E-state index < -0.39 is 0 Å². The van der Waals surface area contributed by atoms with Crippen LogP contribution in [-0.2, 0) is 10.2 Å². The van der Waals surface area contributed by atoms with E-state index in [0.717, 1.165) is 49.3 Å². The van der Waals surface area contributed by atoms with Crippen molar-refractivity contribution in [3.63, 3.8) is 0 Å². The minimum Gasteiger partial charge on any atom is -0.356 e. The van der Waals surface area contributed by atoms with Gasteiger partial charge in [0.25, 0.3) is 0 Å². The Morgan fingerprint density at radius 2 is 1.89 bits per heavy atom. The van der Waals surface area contributed by atoms with Crippen LogP contribution in [0.3, 0.4) is 0 Å². The van der Waals surface area contributed by atoms with Crippen LogP contribution in [0.5, 0.6) is 0 Å². The molecule has 0 bridgehead atoms. The van der Waals surface area contributed by atoms with E-state index in [1.807, 2.05) is 4.90 Å². The number of guanidine groups is 1. The number of nitrogens with zero attached hydrogens (tertiary/aromatic N) is 2. The standard InChI is InChI=1S/C22H33BrN4O/c1-22(2,17-8-10-18(23)11-9-17)15-25-21(24-3)26-19-12-13-27(14-19)20(28)16-6-4-5-7-16/h8-11,16,19H,4-7,12-15H2,1-3H3,(H2,24,25,26). The van der Waals surface area contributed by atoms with Crippen LogP contribution in [0.4, 0.5) is 0 Å². The minimum absolute atomic E-state index is 0.0154. The number of benzene rings is 1. The molecule has 1 aromatic carbocycles. The van der Waals surface area contributed by atoms with Crippen molar-refractivity contribution in [1.82, 2.24) is 15.5 Å². The number of halogens is 1. The summed E-state index contributed by atoms with van der Waals surface area (Å²) in [5, 5.41) is 6.98. The number of carbonyl (C=O) groups excluding carboxylic acids is 1. The van der Waals surface area contributed by atoms with Gasteiger partial charge in [0.15, 0.2) is 5.96 Å². The molecule has 1 aliphatic heterocycles. The number of carbonyl (C=O) groups is 1. The van der Waals surface area contributed by atoms with Crippen molar-refractivity contribution in [2.75, 3.05) is 26.7 Å². The number of aliphatic imine (C=N–C) groups is 1. The molecule has 2 aliphatic rings. The molecule has 1 atom stereocenters. The van der Waals surface area contributed by atoms with E-state index in [0.29, 0.717) is 5.91 Å². The average molecular weight is 449 g/mol. The maximum Gasteiger partial charge on any atom is 0.225 e. The van der Waals surface area contributed by atoms with Crippen molar-refractivity contribution in [3.8, 4) is 0 Å². The highest BCUT2D eigenvalue weighted by molar-refractivity contribution is 9.10. The van der Waals surface area contributed by atoms with Crippen molar-refractivity contribution < 1.29 is 4.79 Å². The summed E-state index contributed by atoms with van der Waals surface area (Å²) in [6.07, 6.45) is 5.53. The van der Waals surface area contributed by atoms with Gasteiger partial charge in [-0.1, -0.05) is 54.8 Å². The van der Waals surface area contributed by atoms with Gasteiger partial charge in [-0.2, -0.15) is 0 Å². The van der Waals surface area contributed by atoms with E-state index in [1.54, 1.807) is 7.05 Å². The second kappa shape index (κ2) is 9.29. The molecule has 3 rings (SSSR count). The number of hydrogen-bond donors (Lipinski definition) is 2. The second-order valence-corrected chi connectivity index (χ2v) is 9.63. The highest BCUT2D eigenvalue weighted by Crippen LogP contribution is 2.28. The van der Waals surface area contributed by atoms with Crippen LogP contribution in [0.1, 0.15) is 51.5 Å². The lowest BCUT2D eigenvalue weighted by molar-refractivity contribution is -0.134. The van der Waals surface area contributed by atoms with E-state index in [1.165, 1.54) is 18.4 Å². The van der Waals surface area contributed by atoms with E-state index in [9.17, 15) is 4.79 Å². The summed E-state index contributed by atoms with van der Waals surface area (Å²) < 4.78 is 1.09. The average Bonchev–Trinajstić information content (AvgIpc) is 3.37. The van der Waals surface area contributed by atoms with Crippen LogP contribution in [0, 0.1) is 5.92 Å². The monoisotopic (exact) mass is 448 g/mol. The highest BCUT2D eigenvalue weighted by Gasteiger charge is 2.32. The summed E-state index contributed by atoms with van der Waals surface area (Å²) in [5.74, 6) is 1.44. The number of amides is 1. The quantitative estimate of drug-likeness (QED) is 0.533. The zero-order chi connectivity index (χ0) is 20.1. The van der Waals surface area contributed by atoms with Gasteiger partial charge in [-0.3, -0.25) is 9.79 Å². The Hall–Kier alpha value is -1.56. The minimum atomic E-state index is -0.0154. The smallest absolute Gasteiger partial charge is 0.225 e. The zero-order valence-electron chi connectivity index (χ0n) is 17.3. The Morgan fingerprint density at radius 3 is 2.54 bits per heavy atom. The van der Waals surface area contributed by atoms with Crippen molar-refractivity contribution >= 4 is 27.8 Å². The number of hydrogen-bond acceptors (Lipinski definition) is 2. The molecule has 1 unspecified atom stereocenters. The predicted molar refractivity (Wildman–Crippen MR) is 119 cm³/mol. The van der Waals surface area contributed by atoms with Gasteiger partial charge in [-0.05, 0) is 37.0 Å². The maximum atomic E-state index is 12.6. The Balaban J connectivity index is 1.49. The van der Waals surface area contributed by atoms with Gasteiger partial charge in [0.2, 0.25) is 5.91 Å². The third-order valence-electron chi connectivity index (χ3n) is 6.09. The number of likely N-dealkylation sites (tertiary alicyclic amines) is 1. The van der Waals surface area contributed by atoms with Crippen LogP contribution in [0.25, 0.3) is 0 Å². The fraction of sp³-hybridized carbons (Fsp3) is 0.636. The molecule has 0 radical (unpaired) electrons. The first-order valence-electron chi connectivity index (χ1n) is 10.4. The molecule has 2 fully saturated rings. The van der Waals surface area contributed by atoms with Gasteiger partial charge in [0, 0.05) is 48.5 Å². The Morgan fingerprint density at radius 1 is 1.21 bits per heavy atom. The van der Waals surface area contributed by atoms with Gasteiger partial charge in [0.1, 0.15) is 0 Å². The molecule has 0 aromatic heterocycles. The molecule has 6 heteroatoms. The number of rotatable bonds is 5. The molecule has 5 nitrogen and oxygen atoms in total. The van der Waals surface area contributed by atoms with Crippen LogP contribution in [0.15, 0.2) is 33.7 Å². The third-order valence-corrected chi connectivity index (χ3v) is 6.62. The Bertz CT molecular complexity index is 695. The van der Waals surface area contributed by atoms with Gasteiger partial charge in [-0.25, -0.2) is 0 Å². The van der Waals surface area contributed by atoms with Gasteiger partial charge < -0.3 is 15.5 Å². The third kappa shape index (κ3) is 5.28. The maximum absolute atomic E-state index is 12.6. The van der Waals surface area contributed by atoms with E-state index in [2.05, 4.69) is 69.7 Å². The van der Waals surface area contributed by atoms with Crippen molar-refractivity contribution in [1.29, 1.82) is 0 Å². The Kier molecular flexibility index (Phi) is 7.02. The summed E-state index contributed by atoms with van der Waals surface area (Å²) in [4.78, 5) is 19.1. The van der Waals surface area contributed by atoms with Gasteiger partial charge >= 0.3 is 0 Å². The Labute approximate surface area is 177 Å². The summed E-state index contributed by atoms with van der Waals surface area (Å²) in [6.45, 7) is 6.88. The van der Waals surface area contributed by atoms with Crippen LogP contribution in [-0.4, -0.2) is 49.5 Å². The molecule has 1 amide bonds. The largest absolute Gasteiger partial charge is 0.356 e. The molecular formula is C22H33BrN4O. The first-order chi connectivity index (χ1) is 13.4. The topological polar surface area (TPSA) is 56.7 Å². The van der Waals surface area contributed by atoms with Crippen LogP contribution >= 0.6 is 15.9 Å². The normalized spacial score (nSPS) is 21.2. The van der Waals surface area contributed by atoms with Crippen LogP contribution < -0.4 is 10.6 Å².